The van der Waals surface area contributed by atoms with Crippen molar-refractivity contribution in [1.29, 1.82) is 5.26 Å². The fourth-order valence-corrected chi connectivity index (χ4v) is 5.15. The third kappa shape index (κ3) is 7.04. The summed E-state index contributed by atoms with van der Waals surface area (Å²) in [6, 6.07) is 20.0. The van der Waals surface area contributed by atoms with Gasteiger partial charge in [-0.05, 0) is 74.9 Å². The van der Waals surface area contributed by atoms with Gasteiger partial charge < -0.3 is 14.7 Å². The van der Waals surface area contributed by atoms with E-state index < -0.39 is 23.8 Å². The second-order valence-corrected chi connectivity index (χ2v) is 11.3. The Balaban J connectivity index is 1.47. The summed E-state index contributed by atoms with van der Waals surface area (Å²) in [5, 5.41) is 20.3. The van der Waals surface area contributed by atoms with Crippen molar-refractivity contribution in [3.63, 3.8) is 0 Å². The molecule has 3 aromatic rings. The second-order valence-electron chi connectivity index (χ2n) is 11.3. The summed E-state index contributed by atoms with van der Waals surface area (Å²) in [6.45, 7) is 5.84. The minimum absolute atomic E-state index is 0.142. The van der Waals surface area contributed by atoms with Gasteiger partial charge in [0.15, 0.2) is 0 Å². The third-order valence-corrected chi connectivity index (χ3v) is 7.02. The molecule has 4 rings (SSSR count). The number of amides is 2. The van der Waals surface area contributed by atoms with Crippen LogP contribution in [-0.2, 0) is 17.7 Å². The Morgan fingerprint density at radius 1 is 1.10 bits per heavy atom. The minimum atomic E-state index is -0.821. The zero-order chi connectivity index (χ0) is 28.9. The molecule has 0 aliphatic carbocycles. The first-order chi connectivity index (χ1) is 19.1. The highest BCUT2D eigenvalue weighted by molar-refractivity contribution is 5.94. The predicted octanol–water partition coefficient (Wildman–Crippen LogP) is 5.27. The normalized spacial score (nSPS) is 17.6. The van der Waals surface area contributed by atoms with E-state index in [2.05, 4.69) is 11.1 Å². The molecular weight excluding hydrogens is 504 g/mol. The Bertz CT molecular complexity index is 1360. The van der Waals surface area contributed by atoms with Crippen molar-refractivity contribution in [2.75, 3.05) is 7.05 Å². The average Bonchev–Trinajstić information content (AvgIpc) is 3.36. The van der Waals surface area contributed by atoms with Crippen LogP contribution in [0.15, 0.2) is 73.1 Å². The molecule has 1 N–H and O–H groups in total. The minimum Gasteiger partial charge on any atom is -0.444 e. The van der Waals surface area contributed by atoms with Gasteiger partial charge in [0.05, 0.1) is 17.7 Å². The molecule has 208 valence electrons. The van der Waals surface area contributed by atoms with Gasteiger partial charge in [0, 0.05) is 37.6 Å². The Kier molecular flexibility index (Phi) is 8.86. The number of nitriles is 1. The molecule has 1 fully saturated rings. The van der Waals surface area contributed by atoms with E-state index in [0.29, 0.717) is 30.5 Å². The molecule has 0 spiro atoms. The highest BCUT2D eigenvalue weighted by atomic mass is 16.6. The van der Waals surface area contributed by atoms with E-state index in [1.54, 1.807) is 41.2 Å². The number of carbonyl (C=O) groups is 2. The highest BCUT2D eigenvalue weighted by Gasteiger charge is 2.42. The lowest BCUT2D eigenvalue weighted by Crippen LogP contribution is -2.47. The number of likely N-dealkylation sites (tertiary alicyclic amines) is 1. The maximum atomic E-state index is 13.3. The highest BCUT2D eigenvalue weighted by Crippen LogP contribution is 2.36. The molecule has 2 aromatic carbocycles. The molecule has 0 radical (unpaired) electrons. The Morgan fingerprint density at radius 3 is 2.45 bits per heavy atom. The number of benzene rings is 2. The molecule has 2 heterocycles. The first-order valence-corrected chi connectivity index (χ1v) is 13.5. The lowest BCUT2D eigenvalue weighted by atomic mass is 10.0. The topological polar surface area (TPSA) is 107 Å². The number of hydrogen-bond acceptors (Lipinski definition) is 6. The standard InChI is InChI=1S/C32H36N4O4/c1-32(2,3)40-31(39)36-27(14-15-28(36)29(37)25-8-6-5-7-9-25)17-22-10-12-26(13-11-22)30(38)35(4)21-24-16-23(18-33)19-34-20-24/h5-13,16,19-20,27-29,37H,14-15,17,21H2,1-4H3/t27-,28+,29+/m0/s1. The van der Waals surface area contributed by atoms with E-state index >= 15 is 0 Å². The predicted molar refractivity (Wildman–Crippen MR) is 151 cm³/mol. The van der Waals surface area contributed by atoms with Crippen LogP contribution in [0.4, 0.5) is 4.79 Å². The van der Waals surface area contributed by atoms with E-state index in [4.69, 9.17) is 10.00 Å². The maximum Gasteiger partial charge on any atom is 0.410 e. The first kappa shape index (κ1) is 28.8. The Hall–Kier alpha value is -4.22. The summed E-state index contributed by atoms with van der Waals surface area (Å²) in [4.78, 5) is 33.7. The van der Waals surface area contributed by atoms with Gasteiger partial charge in [-0.2, -0.15) is 5.26 Å². The molecule has 0 unspecified atom stereocenters. The van der Waals surface area contributed by atoms with Crippen LogP contribution in [-0.4, -0.2) is 56.6 Å². The molecule has 1 saturated heterocycles. The zero-order valence-electron chi connectivity index (χ0n) is 23.4. The van der Waals surface area contributed by atoms with Gasteiger partial charge in [-0.15, -0.1) is 0 Å². The van der Waals surface area contributed by atoms with E-state index in [0.717, 1.165) is 23.1 Å². The molecule has 8 heteroatoms. The van der Waals surface area contributed by atoms with Crippen LogP contribution >= 0.6 is 0 Å². The summed E-state index contributed by atoms with van der Waals surface area (Å²) >= 11 is 0. The lowest BCUT2D eigenvalue weighted by molar-refractivity contribution is -0.00453. The van der Waals surface area contributed by atoms with Crippen molar-refractivity contribution in [2.45, 2.75) is 70.4 Å². The van der Waals surface area contributed by atoms with Crippen molar-refractivity contribution in [3.8, 4) is 6.07 Å². The monoisotopic (exact) mass is 540 g/mol. The number of aliphatic hydroxyl groups is 1. The van der Waals surface area contributed by atoms with Crippen LogP contribution in [0.2, 0.25) is 0 Å². The van der Waals surface area contributed by atoms with Crippen LogP contribution in [0.25, 0.3) is 0 Å². The molecule has 3 atom stereocenters. The average molecular weight is 541 g/mol. The fraction of sp³-hybridized carbons (Fsp3) is 0.375. The quantitative estimate of drug-likeness (QED) is 0.438. The van der Waals surface area contributed by atoms with Crippen molar-refractivity contribution < 1.29 is 19.4 Å². The number of aromatic nitrogens is 1. The molecule has 0 bridgehead atoms. The van der Waals surface area contributed by atoms with Crippen LogP contribution < -0.4 is 0 Å². The van der Waals surface area contributed by atoms with Crippen molar-refractivity contribution in [1.82, 2.24) is 14.8 Å². The van der Waals surface area contributed by atoms with Gasteiger partial charge >= 0.3 is 6.09 Å². The van der Waals surface area contributed by atoms with Gasteiger partial charge in [0.25, 0.3) is 5.91 Å². The van der Waals surface area contributed by atoms with Crippen LogP contribution in [0, 0.1) is 11.3 Å². The summed E-state index contributed by atoms with van der Waals surface area (Å²) in [5.74, 6) is -0.142. The summed E-state index contributed by atoms with van der Waals surface area (Å²) in [5.41, 5.74) is 2.87. The molecule has 8 nitrogen and oxygen atoms in total. The van der Waals surface area contributed by atoms with Crippen LogP contribution in [0.3, 0.4) is 0 Å². The molecule has 0 saturated carbocycles. The molecule has 1 aromatic heterocycles. The third-order valence-electron chi connectivity index (χ3n) is 7.02. The van der Waals surface area contributed by atoms with Gasteiger partial charge in [-0.3, -0.25) is 14.7 Å². The van der Waals surface area contributed by atoms with E-state index in [-0.39, 0.29) is 11.9 Å². The SMILES string of the molecule is CN(Cc1cncc(C#N)c1)C(=O)c1ccc(C[C@@H]2CC[C@H]([C@H](O)c3ccccc3)N2C(=O)OC(C)(C)C)cc1. The van der Waals surface area contributed by atoms with Gasteiger partial charge in [0.1, 0.15) is 11.7 Å². The molecule has 40 heavy (non-hydrogen) atoms. The van der Waals surface area contributed by atoms with E-state index in [1.807, 2.05) is 63.2 Å². The number of ether oxygens (including phenoxy) is 1. The number of pyridine rings is 1. The van der Waals surface area contributed by atoms with Gasteiger partial charge in [-0.1, -0.05) is 42.5 Å². The zero-order valence-corrected chi connectivity index (χ0v) is 23.4. The van der Waals surface area contributed by atoms with Crippen molar-refractivity contribution in [2.24, 2.45) is 0 Å². The van der Waals surface area contributed by atoms with E-state index in [1.165, 1.54) is 6.20 Å². The van der Waals surface area contributed by atoms with E-state index in [9.17, 15) is 14.7 Å². The molecule has 1 aliphatic rings. The number of carbonyl (C=O) groups excluding carboxylic acids is 2. The number of rotatable bonds is 7. The molecule has 2 amide bonds. The Labute approximate surface area is 235 Å². The summed E-state index contributed by atoms with van der Waals surface area (Å²) in [7, 11) is 1.71. The van der Waals surface area contributed by atoms with Crippen molar-refractivity contribution >= 4 is 12.0 Å². The summed E-state index contributed by atoms with van der Waals surface area (Å²) in [6.07, 6.45) is 3.85. The summed E-state index contributed by atoms with van der Waals surface area (Å²) < 4.78 is 5.75. The Morgan fingerprint density at radius 2 is 1.80 bits per heavy atom. The maximum absolute atomic E-state index is 13.3. The second kappa shape index (κ2) is 12.3. The number of hydrogen-bond donors (Lipinski definition) is 1. The molecular formula is C32H36N4O4. The molecule has 1 aliphatic heterocycles. The largest absolute Gasteiger partial charge is 0.444 e. The van der Waals surface area contributed by atoms with Crippen LogP contribution in [0.5, 0.6) is 0 Å². The number of aliphatic hydroxyl groups excluding tert-OH is 1. The smallest absolute Gasteiger partial charge is 0.410 e. The fourth-order valence-electron chi connectivity index (χ4n) is 5.15. The van der Waals surface area contributed by atoms with Gasteiger partial charge in [-0.25, -0.2) is 4.79 Å². The van der Waals surface area contributed by atoms with Gasteiger partial charge in [0.2, 0.25) is 0 Å². The first-order valence-electron chi connectivity index (χ1n) is 13.5. The van der Waals surface area contributed by atoms with Crippen molar-refractivity contribution in [3.05, 3.63) is 101 Å². The van der Waals surface area contributed by atoms with Crippen LogP contribution in [0.1, 0.15) is 72.3 Å². The lowest BCUT2D eigenvalue weighted by Gasteiger charge is -2.35. The number of nitrogens with zero attached hydrogens (tertiary/aromatic N) is 4.